The second-order valence-corrected chi connectivity index (χ2v) is 7.36. The Morgan fingerprint density at radius 3 is 2.34 bits per heavy atom. The molecule has 2 fully saturated rings. The van der Waals surface area contributed by atoms with Crippen molar-refractivity contribution in [1.29, 1.82) is 0 Å². The van der Waals surface area contributed by atoms with E-state index in [4.69, 9.17) is 9.47 Å². The van der Waals surface area contributed by atoms with Crippen LogP contribution in [0.1, 0.15) is 12.8 Å². The number of carbonyl (C=O) groups is 2. The van der Waals surface area contributed by atoms with E-state index in [9.17, 15) is 9.59 Å². The first-order valence-electron chi connectivity index (χ1n) is 10.2. The van der Waals surface area contributed by atoms with Crippen LogP contribution in [0.15, 0.2) is 54.6 Å². The van der Waals surface area contributed by atoms with E-state index in [2.05, 4.69) is 12.1 Å². The molecular formula is C23H26N2O4. The summed E-state index contributed by atoms with van der Waals surface area (Å²) in [4.78, 5) is 29.0. The summed E-state index contributed by atoms with van der Waals surface area (Å²) in [7, 11) is 0. The summed E-state index contributed by atoms with van der Waals surface area (Å²) in [6.07, 6.45) is 1.56. The lowest BCUT2D eigenvalue weighted by molar-refractivity contribution is -0.147. The van der Waals surface area contributed by atoms with Gasteiger partial charge in [-0.3, -0.25) is 9.59 Å². The molecule has 152 valence electrons. The average Bonchev–Trinajstić information content (AvgIpc) is 3.28. The molecule has 0 aliphatic carbocycles. The van der Waals surface area contributed by atoms with Crippen molar-refractivity contribution < 1.29 is 19.1 Å². The van der Waals surface area contributed by atoms with E-state index in [1.54, 1.807) is 4.90 Å². The van der Waals surface area contributed by atoms with Crippen LogP contribution in [0, 0.1) is 0 Å². The summed E-state index contributed by atoms with van der Waals surface area (Å²) >= 11 is 0. The number of carbonyl (C=O) groups excluding carboxylic acids is 2. The Balaban J connectivity index is 1.33. The highest BCUT2D eigenvalue weighted by Crippen LogP contribution is 2.23. The molecule has 2 aromatic rings. The molecule has 0 saturated carbocycles. The summed E-state index contributed by atoms with van der Waals surface area (Å²) in [6.45, 7) is 2.87. The van der Waals surface area contributed by atoms with E-state index in [1.807, 2.05) is 47.4 Å². The van der Waals surface area contributed by atoms with Gasteiger partial charge in [-0.25, -0.2) is 0 Å². The lowest BCUT2D eigenvalue weighted by Crippen LogP contribution is -2.51. The topological polar surface area (TPSA) is 59.1 Å². The number of morpholine rings is 1. The third kappa shape index (κ3) is 4.59. The van der Waals surface area contributed by atoms with Gasteiger partial charge in [-0.2, -0.15) is 0 Å². The van der Waals surface area contributed by atoms with Gasteiger partial charge in [0.05, 0.1) is 13.2 Å². The highest BCUT2D eigenvalue weighted by molar-refractivity contribution is 5.89. The largest absolute Gasteiger partial charge is 0.484 e. The Bertz CT molecular complexity index is 832. The minimum atomic E-state index is -0.371. The first-order valence-corrected chi connectivity index (χ1v) is 10.2. The Hall–Kier alpha value is -2.86. The van der Waals surface area contributed by atoms with Gasteiger partial charge in [0, 0.05) is 19.6 Å². The lowest BCUT2D eigenvalue weighted by Gasteiger charge is -2.32. The molecule has 0 radical (unpaired) electrons. The molecule has 6 heteroatoms. The SMILES string of the molecule is O=C([C@@H]1CCCN1C(=O)COc1ccc(-c2ccccc2)cc1)N1CCOCC1. The predicted molar refractivity (Wildman–Crippen MR) is 110 cm³/mol. The van der Waals surface area contributed by atoms with E-state index >= 15 is 0 Å². The van der Waals surface area contributed by atoms with Crippen LogP contribution in [-0.4, -0.2) is 67.1 Å². The lowest BCUT2D eigenvalue weighted by atomic mass is 10.1. The van der Waals surface area contributed by atoms with Gasteiger partial charge in [-0.15, -0.1) is 0 Å². The molecule has 0 bridgehead atoms. The number of nitrogens with zero attached hydrogens (tertiary/aromatic N) is 2. The van der Waals surface area contributed by atoms with E-state index in [-0.39, 0.29) is 24.5 Å². The zero-order chi connectivity index (χ0) is 20.1. The molecule has 2 heterocycles. The molecule has 2 amide bonds. The van der Waals surface area contributed by atoms with Crippen molar-refractivity contribution in [1.82, 2.24) is 9.80 Å². The summed E-state index contributed by atoms with van der Waals surface area (Å²) in [6, 6.07) is 17.4. The highest BCUT2D eigenvalue weighted by atomic mass is 16.5. The number of benzene rings is 2. The van der Waals surface area contributed by atoms with E-state index in [1.165, 1.54) is 0 Å². The van der Waals surface area contributed by atoms with Gasteiger partial charge in [-0.1, -0.05) is 42.5 Å². The van der Waals surface area contributed by atoms with Crippen LogP contribution in [-0.2, 0) is 14.3 Å². The van der Waals surface area contributed by atoms with Crippen molar-refractivity contribution in [2.24, 2.45) is 0 Å². The van der Waals surface area contributed by atoms with Crippen LogP contribution in [0.4, 0.5) is 0 Å². The van der Waals surface area contributed by atoms with Gasteiger partial charge >= 0.3 is 0 Å². The number of hydrogen-bond acceptors (Lipinski definition) is 4. The summed E-state index contributed by atoms with van der Waals surface area (Å²) in [5, 5.41) is 0. The quantitative estimate of drug-likeness (QED) is 0.782. The van der Waals surface area contributed by atoms with E-state index < -0.39 is 0 Å². The molecule has 2 aliphatic heterocycles. The van der Waals surface area contributed by atoms with Crippen LogP contribution in [0.25, 0.3) is 11.1 Å². The Labute approximate surface area is 171 Å². The highest BCUT2D eigenvalue weighted by Gasteiger charge is 2.36. The molecule has 0 unspecified atom stereocenters. The maximum atomic E-state index is 12.8. The molecular weight excluding hydrogens is 368 g/mol. The van der Waals surface area contributed by atoms with Crippen molar-refractivity contribution in [2.45, 2.75) is 18.9 Å². The minimum absolute atomic E-state index is 0.0337. The third-order valence-electron chi connectivity index (χ3n) is 5.50. The molecule has 2 saturated heterocycles. The van der Waals surface area contributed by atoms with Gasteiger partial charge in [0.2, 0.25) is 5.91 Å². The van der Waals surface area contributed by atoms with Gasteiger partial charge in [0.1, 0.15) is 11.8 Å². The molecule has 0 spiro atoms. The fourth-order valence-electron chi connectivity index (χ4n) is 3.92. The molecule has 1 atom stereocenters. The van der Waals surface area contributed by atoms with Gasteiger partial charge in [0.25, 0.3) is 5.91 Å². The Morgan fingerprint density at radius 2 is 1.62 bits per heavy atom. The van der Waals surface area contributed by atoms with Crippen LogP contribution in [0.3, 0.4) is 0 Å². The zero-order valence-corrected chi connectivity index (χ0v) is 16.5. The second kappa shape index (κ2) is 9.09. The molecule has 6 nitrogen and oxygen atoms in total. The second-order valence-electron chi connectivity index (χ2n) is 7.36. The van der Waals surface area contributed by atoms with Crippen molar-refractivity contribution in [3.05, 3.63) is 54.6 Å². The summed E-state index contributed by atoms with van der Waals surface area (Å²) in [5.74, 6) is 0.542. The summed E-state index contributed by atoms with van der Waals surface area (Å²) in [5.41, 5.74) is 2.23. The Kier molecular flexibility index (Phi) is 6.10. The summed E-state index contributed by atoms with van der Waals surface area (Å²) < 4.78 is 11.0. The first-order chi connectivity index (χ1) is 14.2. The number of ether oxygens (including phenoxy) is 2. The van der Waals surface area contributed by atoms with Gasteiger partial charge in [-0.05, 0) is 36.1 Å². The first kappa shape index (κ1) is 19.5. The maximum absolute atomic E-state index is 12.8. The number of amides is 2. The molecule has 0 N–H and O–H groups in total. The van der Waals surface area contributed by atoms with Gasteiger partial charge < -0.3 is 19.3 Å². The minimum Gasteiger partial charge on any atom is -0.484 e. The molecule has 29 heavy (non-hydrogen) atoms. The average molecular weight is 394 g/mol. The number of hydrogen-bond donors (Lipinski definition) is 0. The smallest absolute Gasteiger partial charge is 0.261 e. The fraction of sp³-hybridized carbons (Fsp3) is 0.391. The predicted octanol–water partition coefficient (Wildman–Crippen LogP) is 2.58. The van der Waals surface area contributed by atoms with Crippen LogP contribution < -0.4 is 4.74 Å². The van der Waals surface area contributed by atoms with E-state index in [0.29, 0.717) is 45.0 Å². The molecule has 4 rings (SSSR count). The van der Waals surface area contributed by atoms with Crippen molar-refractivity contribution in [2.75, 3.05) is 39.5 Å². The van der Waals surface area contributed by atoms with Crippen molar-refractivity contribution >= 4 is 11.8 Å². The standard InChI is InChI=1S/C23H26N2O4/c26-22(25-12-4-7-21(25)23(27)24-13-15-28-16-14-24)17-29-20-10-8-19(9-11-20)18-5-2-1-3-6-18/h1-3,5-6,8-11,21H,4,7,12-17H2/t21-/m0/s1. The van der Waals surface area contributed by atoms with Crippen LogP contribution in [0.5, 0.6) is 5.75 Å². The molecule has 2 aliphatic rings. The van der Waals surface area contributed by atoms with Crippen LogP contribution >= 0.6 is 0 Å². The number of likely N-dealkylation sites (tertiary alicyclic amines) is 1. The van der Waals surface area contributed by atoms with Crippen molar-refractivity contribution in [3.63, 3.8) is 0 Å². The third-order valence-corrected chi connectivity index (χ3v) is 5.50. The molecule has 0 aromatic heterocycles. The van der Waals surface area contributed by atoms with Crippen LogP contribution in [0.2, 0.25) is 0 Å². The van der Waals surface area contributed by atoms with Crippen molar-refractivity contribution in [3.8, 4) is 16.9 Å². The maximum Gasteiger partial charge on any atom is 0.261 e. The zero-order valence-electron chi connectivity index (χ0n) is 16.5. The normalized spacial score (nSPS) is 19.2. The van der Waals surface area contributed by atoms with E-state index in [0.717, 1.165) is 17.5 Å². The van der Waals surface area contributed by atoms with Gasteiger partial charge in [0.15, 0.2) is 6.61 Å². The number of rotatable bonds is 5. The fourth-order valence-corrected chi connectivity index (χ4v) is 3.92. The monoisotopic (exact) mass is 394 g/mol. The molecule has 2 aromatic carbocycles. The Morgan fingerprint density at radius 1 is 0.931 bits per heavy atom.